The van der Waals surface area contributed by atoms with Gasteiger partial charge in [0.25, 0.3) is 0 Å². The quantitative estimate of drug-likeness (QED) is 0.655. The number of carbonyl (C=O) groups excluding carboxylic acids is 2. The first-order chi connectivity index (χ1) is 16.8. The number of ether oxygens (including phenoxy) is 2. The average molecular weight is 509 g/mol. The van der Waals surface area contributed by atoms with Gasteiger partial charge in [0, 0.05) is 25.8 Å². The molecule has 1 unspecified atom stereocenters. The van der Waals surface area contributed by atoms with Crippen LogP contribution in [0.15, 0.2) is 18.2 Å². The zero-order valence-corrected chi connectivity index (χ0v) is 21.0. The number of carboxylic acid groups (broad SMARTS) is 1. The number of amides is 2. The van der Waals surface area contributed by atoms with Gasteiger partial charge in [0.2, 0.25) is 5.91 Å². The number of rotatable bonds is 3. The second-order valence-corrected chi connectivity index (χ2v) is 11.3. The second kappa shape index (κ2) is 9.61. The van der Waals surface area contributed by atoms with Gasteiger partial charge in [0.1, 0.15) is 29.3 Å². The molecular formula is C26H34F2N2O6. The van der Waals surface area contributed by atoms with Crippen LogP contribution in [0.3, 0.4) is 0 Å². The van der Waals surface area contributed by atoms with Crippen molar-refractivity contribution in [3.8, 4) is 0 Å². The van der Waals surface area contributed by atoms with Gasteiger partial charge in [-0.2, -0.15) is 0 Å². The summed E-state index contributed by atoms with van der Waals surface area (Å²) in [6.07, 6.45) is 2.83. The zero-order chi connectivity index (χ0) is 26.3. The Balaban J connectivity index is 1.81. The van der Waals surface area contributed by atoms with Crippen molar-refractivity contribution in [2.75, 3.05) is 26.3 Å². The van der Waals surface area contributed by atoms with Gasteiger partial charge in [-0.15, -0.1) is 0 Å². The van der Waals surface area contributed by atoms with Crippen molar-refractivity contribution >= 4 is 18.0 Å². The van der Waals surface area contributed by atoms with E-state index in [1.54, 1.807) is 20.8 Å². The molecule has 3 aliphatic rings. The Hall–Kier alpha value is -2.75. The fourth-order valence-corrected chi connectivity index (χ4v) is 5.96. The first-order valence-electron chi connectivity index (χ1n) is 12.4. The van der Waals surface area contributed by atoms with Crippen LogP contribution in [0, 0.1) is 17.0 Å². The summed E-state index contributed by atoms with van der Waals surface area (Å²) in [6.45, 7) is 5.59. The van der Waals surface area contributed by atoms with Gasteiger partial charge in [-0.05, 0) is 82.4 Å². The Kier molecular flexibility index (Phi) is 7.02. The van der Waals surface area contributed by atoms with E-state index >= 15 is 0 Å². The van der Waals surface area contributed by atoms with Crippen LogP contribution in [0.4, 0.5) is 13.6 Å². The highest BCUT2D eigenvalue weighted by Crippen LogP contribution is 2.52. The number of nitrogens with zero attached hydrogens (tertiary/aromatic N) is 2. The van der Waals surface area contributed by atoms with E-state index in [0.717, 1.165) is 31.0 Å². The minimum absolute atomic E-state index is 0.0150. The standard InChI is InChI=1S/C26H34F2N2O6/c1-24(2,3)36-23(34)30-20(17-12-18(27)14-19(28)13-17)15-29(16-21(31)32)22(33)26(30)6-4-25(5-7-26)8-10-35-11-9-25/h12-14,20H,4-11,15-16H2,1-3H3,(H,31,32). The summed E-state index contributed by atoms with van der Waals surface area (Å²) >= 11 is 0. The molecule has 2 saturated heterocycles. The first-order valence-corrected chi connectivity index (χ1v) is 12.4. The van der Waals surface area contributed by atoms with Crippen LogP contribution >= 0.6 is 0 Å². The normalized spacial score (nSPS) is 23.7. The second-order valence-electron chi connectivity index (χ2n) is 11.3. The van der Waals surface area contributed by atoms with Crippen LogP contribution in [0.25, 0.3) is 0 Å². The first kappa shape index (κ1) is 26.3. The van der Waals surface area contributed by atoms with Gasteiger partial charge in [-0.1, -0.05) is 0 Å². The molecule has 2 spiro atoms. The molecule has 1 saturated carbocycles. The maximum atomic E-state index is 14.3. The van der Waals surface area contributed by atoms with E-state index in [0.29, 0.717) is 38.9 Å². The van der Waals surface area contributed by atoms with Crippen molar-refractivity contribution in [3.05, 3.63) is 35.4 Å². The number of hydrogen-bond acceptors (Lipinski definition) is 5. The molecule has 1 aromatic carbocycles. The van der Waals surface area contributed by atoms with Crippen LogP contribution < -0.4 is 0 Å². The summed E-state index contributed by atoms with van der Waals surface area (Å²) in [5.74, 6) is -3.32. The van der Waals surface area contributed by atoms with Gasteiger partial charge in [-0.3, -0.25) is 14.5 Å². The van der Waals surface area contributed by atoms with E-state index in [1.165, 1.54) is 9.80 Å². The lowest BCUT2D eigenvalue weighted by Crippen LogP contribution is -2.70. The molecular weight excluding hydrogens is 474 g/mol. The summed E-state index contributed by atoms with van der Waals surface area (Å²) in [5.41, 5.74) is -2.13. The molecule has 2 heterocycles. The van der Waals surface area contributed by atoms with Gasteiger partial charge in [-0.25, -0.2) is 13.6 Å². The minimum Gasteiger partial charge on any atom is -0.480 e. The van der Waals surface area contributed by atoms with Crippen LogP contribution in [-0.4, -0.2) is 70.3 Å². The van der Waals surface area contributed by atoms with Crippen LogP contribution in [0.2, 0.25) is 0 Å². The Bertz CT molecular complexity index is 1000. The van der Waals surface area contributed by atoms with E-state index < -0.39 is 53.3 Å². The fraction of sp³-hybridized carbons (Fsp3) is 0.654. The summed E-state index contributed by atoms with van der Waals surface area (Å²) in [6, 6.07) is 1.99. The average Bonchev–Trinajstić information content (AvgIpc) is 2.77. The molecule has 36 heavy (non-hydrogen) atoms. The number of piperazine rings is 1. The molecule has 2 amide bonds. The zero-order valence-electron chi connectivity index (χ0n) is 21.0. The molecule has 198 valence electrons. The van der Waals surface area contributed by atoms with Crippen molar-refractivity contribution in [2.45, 2.75) is 76.5 Å². The van der Waals surface area contributed by atoms with Gasteiger partial charge in [0.05, 0.1) is 6.04 Å². The fourth-order valence-electron chi connectivity index (χ4n) is 5.96. The van der Waals surface area contributed by atoms with E-state index in [9.17, 15) is 28.3 Å². The third kappa shape index (κ3) is 5.19. The van der Waals surface area contributed by atoms with Gasteiger partial charge < -0.3 is 19.5 Å². The maximum Gasteiger partial charge on any atom is 0.411 e. The Labute approximate surface area is 209 Å². The number of aliphatic carboxylic acids is 1. The van der Waals surface area contributed by atoms with Gasteiger partial charge in [0.15, 0.2) is 0 Å². The van der Waals surface area contributed by atoms with E-state index in [2.05, 4.69) is 0 Å². The number of carboxylic acids is 1. The van der Waals surface area contributed by atoms with E-state index in [-0.39, 0.29) is 17.5 Å². The van der Waals surface area contributed by atoms with Crippen LogP contribution in [0.5, 0.6) is 0 Å². The molecule has 4 rings (SSSR count). The molecule has 1 atom stereocenters. The third-order valence-corrected chi connectivity index (χ3v) is 7.73. The largest absolute Gasteiger partial charge is 0.480 e. The highest BCUT2D eigenvalue weighted by molar-refractivity contribution is 5.93. The highest BCUT2D eigenvalue weighted by atomic mass is 19.1. The van der Waals surface area contributed by atoms with Crippen molar-refractivity contribution in [2.24, 2.45) is 5.41 Å². The van der Waals surface area contributed by atoms with E-state index in [4.69, 9.17) is 9.47 Å². The third-order valence-electron chi connectivity index (χ3n) is 7.73. The van der Waals surface area contributed by atoms with Crippen LogP contribution in [-0.2, 0) is 19.1 Å². The molecule has 0 radical (unpaired) electrons. The predicted octanol–water partition coefficient (Wildman–Crippen LogP) is 4.28. The molecule has 8 nitrogen and oxygen atoms in total. The van der Waals surface area contributed by atoms with Crippen molar-refractivity contribution < 1.29 is 37.7 Å². The lowest BCUT2D eigenvalue weighted by atomic mass is 9.62. The molecule has 2 aliphatic heterocycles. The summed E-state index contributed by atoms with van der Waals surface area (Å²) < 4.78 is 39.8. The SMILES string of the molecule is CC(C)(C)OC(=O)N1C(c2cc(F)cc(F)c2)CN(CC(=O)O)C(=O)C12CCC1(CCOCC1)CC2. The molecule has 10 heteroatoms. The predicted molar refractivity (Wildman–Crippen MR) is 125 cm³/mol. The van der Waals surface area contributed by atoms with E-state index in [1.807, 2.05) is 0 Å². The summed E-state index contributed by atoms with van der Waals surface area (Å²) in [7, 11) is 0. The smallest absolute Gasteiger partial charge is 0.411 e. The minimum atomic E-state index is -1.38. The maximum absolute atomic E-state index is 14.3. The Morgan fingerprint density at radius 1 is 1.06 bits per heavy atom. The molecule has 0 bridgehead atoms. The number of benzene rings is 1. The van der Waals surface area contributed by atoms with Crippen LogP contribution in [0.1, 0.15) is 70.9 Å². The van der Waals surface area contributed by atoms with Crippen molar-refractivity contribution in [1.82, 2.24) is 9.80 Å². The van der Waals surface area contributed by atoms with Gasteiger partial charge >= 0.3 is 12.1 Å². The summed E-state index contributed by atoms with van der Waals surface area (Å²) in [4.78, 5) is 41.8. The molecule has 3 fully saturated rings. The molecule has 1 N–H and O–H groups in total. The Morgan fingerprint density at radius 2 is 1.64 bits per heavy atom. The molecule has 1 aliphatic carbocycles. The number of carbonyl (C=O) groups is 3. The lowest BCUT2D eigenvalue weighted by Gasteiger charge is -2.57. The summed E-state index contributed by atoms with van der Waals surface area (Å²) in [5, 5.41) is 9.51. The topological polar surface area (TPSA) is 96.4 Å². The lowest BCUT2D eigenvalue weighted by molar-refractivity contribution is -0.167. The number of hydrogen-bond donors (Lipinski definition) is 1. The monoisotopic (exact) mass is 508 g/mol. The van der Waals surface area contributed by atoms with Crippen molar-refractivity contribution in [3.63, 3.8) is 0 Å². The van der Waals surface area contributed by atoms with Crippen molar-refractivity contribution in [1.29, 1.82) is 0 Å². The molecule has 0 aromatic heterocycles. The Morgan fingerprint density at radius 3 is 2.17 bits per heavy atom. The highest BCUT2D eigenvalue weighted by Gasteiger charge is 2.59. The number of halogens is 2. The molecule has 1 aromatic rings.